The summed E-state index contributed by atoms with van der Waals surface area (Å²) in [4.78, 5) is 19.3. The van der Waals surface area contributed by atoms with E-state index in [2.05, 4.69) is 60.0 Å². The van der Waals surface area contributed by atoms with E-state index in [-0.39, 0.29) is 12.4 Å². The number of halogens is 1. The van der Waals surface area contributed by atoms with Crippen molar-refractivity contribution in [3.05, 3.63) is 142 Å². The highest BCUT2D eigenvalue weighted by atomic mass is 35.5. The molecular weight excluding hydrogens is 656 g/mol. The van der Waals surface area contributed by atoms with Crippen molar-refractivity contribution in [3.8, 4) is 16.9 Å². The predicted molar refractivity (Wildman–Crippen MR) is 197 cm³/mol. The number of methoxy groups -OCH3 is 1. The molecule has 1 aliphatic rings. The van der Waals surface area contributed by atoms with E-state index in [1.165, 1.54) is 39.7 Å². The fourth-order valence-electron chi connectivity index (χ4n) is 6.23. The first kappa shape index (κ1) is 32.4. The third-order valence-electron chi connectivity index (χ3n) is 8.63. The van der Waals surface area contributed by atoms with Gasteiger partial charge in [-0.3, -0.25) is 9.78 Å². The third kappa shape index (κ3) is 7.00. The maximum atomic E-state index is 12.2. The summed E-state index contributed by atoms with van der Waals surface area (Å²) in [5, 5.41) is 2.39. The normalized spacial score (nSPS) is 13.9. The first-order valence-corrected chi connectivity index (χ1v) is 18.2. The van der Waals surface area contributed by atoms with Crippen LogP contribution in [0.1, 0.15) is 35.0 Å². The maximum Gasteiger partial charge on any atom is 0.310 e. The van der Waals surface area contributed by atoms with Crippen LogP contribution in [0.2, 0.25) is 5.02 Å². The van der Waals surface area contributed by atoms with Gasteiger partial charge in [0.1, 0.15) is 12.4 Å². The number of hydrogen-bond acceptors (Lipinski definition) is 6. The van der Waals surface area contributed by atoms with Crippen LogP contribution in [0.15, 0.2) is 119 Å². The van der Waals surface area contributed by atoms with Crippen LogP contribution in [0.5, 0.6) is 5.75 Å². The predicted octanol–water partition coefficient (Wildman–Crippen LogP) is 10.0. The monoisotopic (exact) mass is 690 g/mol. The van der Waals surface area contributed by atoms with Crippen molar-refractivity contribution in [1.82, 2.24) is 9.55 Å². The SMILES string of the molecule is COC(=O)Cc1ccccc1SCc1c2c3c(c(OCc4ccc(-c5ccccc5)cn4)ccc3n1Cc1ccc(Cl)cc1)CC(C)S2. The largest absolute Gasteiger partial charge is 0.487 e. The zero-order chi connectivity index (χ0) is 33.0. The van der Waals surface area contributed by atoms with Gasteiger partial charge < -0.3 is 14.0 Å². The van der Waals surface area contributed by atoms with Crippen LogP contribution in [0.4, 0.5) is 0 Å². The van der Waals surface area contributed by atoms with Crippen LogP contribution in [0, 0.1) is 0 Å². The van der Waals surface area contributed by atoms with Crippen molar-refractivity contribution in [2.75, 3.05) is 7.11 Å². The molecular formula is C40H35ClN2O3S2. The molecule has 0 bridgehead atoms. The number of benzene rings is 4. The van der Waals surface area contributed by atoms with E-state index >= 15 is 0 Å². The highest BCUT2D eigenvalue weighted by molar-refractivity contribution is 8.00. The zero-order valence-electron chi connectivity index (χ0n) is 26.8. The molecule has 3 heterocycles. The Balaban J connectivity index is 1.23. The smallest absolute Gasteiger partial charge is 0.310 e. The summed E-state index contributed by atoms with van der Waals surface area (Å²) < 4.78 is 14.0. The minimum absolute atomic E-state index is 0.237. The zero-order valence-corrected chi connectivity index (χ0v) is 29.2. The molecule has 0 aliphatic carbocycles. The summed E-state index contributed by atoms with van der Waals surface area (Å²) in [7, 11) is 1.43. The minimum atomic E-state index is -0.237. The van der Waals surface area contributed by atoms with Crippen LogP contribution in [0.25, 0.3) is 22.0 Å². The average molecular weight is 691 g/mol. The molecule has 8 heteroatoms. The molecule has 0 N–H and O–H groups in total. The third-order valence-corrected chi connectivity index (χ3v) is 11.2. The second-order valence-corrected chi connectivity index (χ2v) is 14.8. The number of nitrogens with zero attached hydrogens (tertiary/aromatic N) is 2. The number of carbonyl (C=O) groups is 1. The molecule has 0 fully saturated rings. The summed E-state index contributed by atoms with van der Waals surface area (Å²) in [6, 6.07) is 35.0. The number of carbonyl (C=O) groups excluding carboxylic acids is 1. The summed E-state index contributed by atoms with van der Waals surface area (Å²) >= 11 is 9.96. The van der Waals surface area contributed by atoms with Crippen LogP contribution < -0.4 is 4.74 Å². The summed E-state index contributed by atoms with van der Waals surface area (Å²) in [5.74, 6) is 1.43. The van der Waals surface area contributed by atoms with Gasteiger partial charge in [0, 0.05) is 60.8 Å². The molecule has 0 radical (unpaired) electrons. The molecule has 5 nitrogen and oxygen atoms in total. The highest BCUT2D eigenvalue weighted by Gasteiger charge is 2.29. The Morgan fingerprint density at radius 2 is 1.75 bits per heavy atom. The molecule has 2 aromatic heterocycles. The van der Waals surface area contributed by atoms with Gasteiger partial charge >= 0.3 is 5.97 Å². The van der Waals surface area contributed by atoms with Gasteiger partial charge in [0.05, 0.1) is 24.7 Å². The second kappa shape index (κ2) is 14.5. The van der Waals surface area contributed by atoms with Gasteiger partial charge in [0.25, 0.3) is 0 Å². The van der Waals surface area contributed by atoms with Crippen molar-refractivity contribution in [2.45, 2.75) is 53.7 Å². The molecule has 48 heavy (non-hydrogen) atoms. The summed E-state index contributed by atoms with van der Waals surface area (Å²) in [6.07, 6.45) is 3.09. The number of thioether (sulfide) groups is 2. The van der Waals surface area contributed by atoms with E-state index in [1.807, 2.05) is 72.6 Å². The van der Waals surface area contributed by atoms with Crippen molar-refractivity contribution in [2.24, 2.45) is 0 Å². The van der Waals surface area contributed by atoms with Crippen molar-refractivity contribution in [1.29, 1.82) is 0 Å². The lowest BCUT2D eigenvalue weighted by Gasteiger charge is -2.22. The molecule has 0 saturated carbocycles. The highest BCUT2D eigenvalue weighted by Crippen LogP contribution is 2.48. The van der Waals surface area contributed by atoms with E-state index in [0.717, 1.165) is 56.8 Å². The Bertz CT molecular complexity index is 2060. The standard InChI is InChI=1S/C40H35ClN2O3S2/c1-26-20-33-36(46-24-32-17-14-30(22-42-32)28-8-4-3-5-9-28)19-18-34-39(33)40(48-26)35(43(34)23-27-12-15-31(41)16-13-27)25-47-37-11-7-6-10-29(37)21-38(44)45-2/h3-19,22,26H,20-21,23-25H2,1-2H3. The average Bonchev–Trinajstić information content (AvgIpc) is 3.40. The summed E-state index contributed by atoms with van der Waals surface area (Å²) in [5.41, 5.74) is 9.01. The fourth-order valence-corrected chi connectivity index (χ4v) is 8.85. The lowest BCUT2D eigenvalue weighted by atomic mass is 10.0. The molecule has 1 aliphatic heterocycles. The fraction of sp³-hybridized carbons (Fsp3) is 0.200. The molecule has 7 rings (SSSR count). The minimum Gasteiger partial charge on any atom is -0.487 e. The lowest BCUT2D eigenvalue weighted by Crippen LogP contribution is -2.10. The van der Waals surface area contributed by atoms with Gasteiger partial charge in [-0.15, -0.1) is 23.5 Å². The van der Waals surface area contributed by atoms with Crippen molar-refractivity contribution >= 4 is 52.0 Å². The van der Waals surface area contributed by atoms with Crippen LogP contribution >= 0.6 is 35.1 Å². The topological polar surface area (TPSA) is 53.4 Å². The second-order valence-electron chi connectivity index (χ2n) is 11.9. The molecule has 1 atom stereocenters. The Hall–Kier alpha value is -4.17. The molecule has 6 aromatic rings. The maximum absolute atomic E-state index is 12.2. The molecule has 4 aromatic carbocycles. The van der Waals surface area contributed by atoms with E-state index in [9.17, 15) is 4.79 Å². The van der Waals surface area contributed by atoms with Crippen LogP contribution in [-0.2, 0) is 41.3 Å². The van der Waals surface area contributed by atoms with Gasteiger partial charge in [-0.2, -0.15) is 0 Å². The quantitative estimate of drug-likeness (QED) is 0.0997. The van der Waals surface area contributed by atoms with Gasteiger partial charge in [0.2, 0.25) is 0 Å². The number of ether oxygens (including phenoxy) is 2. The number of esters is 1. The van der Waals surface area contributed by atoms with E-state index in [0.29, 0.717) is 11.9 Å². The molecule has 242 valence electrons. The molecule has 0 saturated heterocycles. The first-order valence-electron chi connectivity index (χ1n) is 16.0. The Morgan fingerprint density at radius 1 is 0.958 bits per heavy atom. The number of aromatic nitrogens is 2. The van der Waals surface area contributed by atoms with Crippen molar-refractivity contribution in [3.63, 3.8) is 0 Å². The molecule has 0 spiro atoms. The molecule has 1 unspecified atom stereocenters. The van der Waals surface area contributed by atoms with Gasteiger partial charge in [0.15, 0.2) is 0 Å². The van der Waals surface area contributed by atoms with Gasteiger partial charge in [-0.25, -0.2) is 0 Å². The van der Waals surface area contributed by atoms with Crippen LogP contribution in [-0.4, -0.2) is 27.9 Å². The first-order chi connectivity index (χ1) is 23.5. The van der Waals surface area contributed by atoms with Crippen LogP contribution in [0.3, 0.4) is 0 Å². The summed E-state index contributed by atoms with van der Waals surface area (Å²) in [6.45, 7) is 3.41. The number of pyridine rings is 1. The Morgan fingerprint density at radius 3 is 2.52 bits per heavy atom. The Labute approximate surface area is 294 Å². The van der Waals surface area contributed by atoms with Gasteiger partial charge in [-0.05, 0) is 59.5 Å². The van der Waals surface area contributed by atoms with E-state index < -0.39 is 0 Å². The number of rotatable bonds is 11. The van der Waals surface area contributed by atoms with E-state index in [4.69, 9.17) is 26.1 Å². The number of hydrogen-bond donors (Lipinski definition) is 0. The van der Waals surface area contributed by atoms with Gasteiger partial charge in [-0.1, -0.05) is 85.3 Å². The van der Waals surface area contributed by atoms with E-state index in [1.54, 1.807) is 11.8 Å². The van der Waals surface area contributed by atoms with Crippen molar-refractivity contribution < 1.29 is 14.3 Å². The Kier molecular flexibility index (Phi) is 9.80. The lowest BCUT2D eigenvalue weighted by molar-refractivity contribution is -0.139. The molecule has 0 amide bonds.